The van der Waals surface area contributed by atoms with E-state index in [-0.39, 0.29) is 13.1 Å². The lowest BCUT2D eigenvalue weighted by atomic mass is 10.2. The van der Waals surface area contributed by atoms with Gasteiger partial charge in [-0.2, -0.15) is 0 Å². The maximum Gasteiger partial charge on any atom is 0.309 e. The second-order valence-electron chi connectivity index (χ2n) is 3.45. The van der Waals surface area contributed by atoms with E-state index >= 15 is 0 Å². The Bertz CT molecular complexity index is 400. The van der Waals surface area contributed by atoms with Crippen molar-refractivity contribution in [3.05, 3.63) is 36.8 Å². The van der Waals surface area contributed by atoms with Crippen LogP contribution in [0.1, 0.15) is 11.9 Å². The minimum Gasteiger partial charge on any atom is -0.467 e. The number of rotatable bonds is 6. The average molecular weight is 252 g/mol. The van der Waals surface area contributed by atoms with Gasteiger partial charge >= 0.3 is 11.8 Å². The highest BCUT2D eigenvalue weighted by Gasteiger charge is 2.17. The third-order valence-electron chi connectivity index (χ3n) is 2.21. The van der Waals surface area contributed by atoms with Crippen molar-refractivity contribution in [1.29, 1.82) is 0 Å². The summed E-state index contributed by atoms with van der Waals surface area (Å²) in [6.45, 7) is 3.84. The molecule has 0 aliphatic carbocycles. The molecular weight excluding hydrogens is 236 g/mol. The highest BCUT2D eigenvalue weighted by Crippen LogP contribution is 2.15. The predicted molar refractivity (Wildman–Crippen MR) is 64.7 cm³/mol. The highest BCUT2D eigenvalue weighted by molar-refractivity contribution is 6.35. The molecule has 6 nitrogen and oxygen atoms in total. The lowest BCUT2D eigenvalue weighted by Crippen LogP contribution is -2.41. The molecule has 0 saturated heterocycles. The topological polar surface area (TPSA) is 80.6 Å². The van der Waals surface area contributed by atoms with Crippen molar-refractivity contribution in [2.75, 3.05) is 20.2 Å². The van der Waals surface area contributed by atoms with E-state index < -0.39 is 17.9 Å². The maximum absolute atomic E-state index is 11.4. The molecule has 6 heteroatoms. The molecule has 1 rings (SSSR count). The Kier molecular flexibility index (Phi) is 5.66. The molecule has 0 aromatic carbocycles. The number of furan rings is 1. The van der Waals surface area contributed by atoms with E-state index in [1.807, 2.05) is 0 Å². The van der Waals surface area contributed by atoms with Crippen LogP contribution in [0.3, 0.4) is 0 Å². The van der Waals surface area contributed by atoms with Gasteiger partial charge < -0.3 is 19.8 Å². The third kappa shape index (κ3) is 4.06. The Morgan fingerprint density at radius 3 is 2.78 bits per heavy atom. The molecule has 98 valence electrons. The Morgan fingerprint density at radius 2 is 2.22 bits per heavy atom. The molecule has 1 aromatic rings. The van der Waals surface area contributed by atoms with Crippen LogP contribution in [0.4, 0.5) is 0 Å². The number of hydrogen-bond acceptors (Lipinski definition) is 4. The molecule has 0 radical (unpaired) electrons. The number of hydrogen-bond donors (Lipinski definition) is 2. The van der Waals surface area contributed by atoms with Crippen molar-refractivity contribution in [1.82, 2.24) is 10.6 Å². The molecule has 1 aromatic heterocycles. The summed E-state index contributed by atoms with van der Waals surface area (Å²) in [4.78, 5) is 22.6. The number of carbonyl (C=O) groups is 2. The smallest absolute Gasteiger partial charge is 0.309 e. The second kappa shape index (κ2) is 7.29. The Hall–Kier alpha value is -2.08. The van der Waals surface area contributed by atoms with E-state index in [2.05, 4.69) is 17.2 Å². The second-order valence-corrected chi connectivity index (χ2v) is 3.45. The summed E-state index contributed by atoms with van der Waals surface area (Å²) in [6, 6.07) is 3.46. The molecular formula is C12H16N2O4. The monoisotopic (exact) mass is 252 g/mol. The van der Waals surface area contributed by atoms with Crippen molar-refractivity contribution in [2.24, 2.45) is 0 Å². The first-order chi connectivity index (χ1) is 8.69. The third-order valence-corrected chi connectivity index (χ3v) is 2.21. The molecule has 18 heavy (non-hydrogen) atoms. The maximum atomic E-state index is 11.4. The zero-order valence-electron chi connectivity index (χ0n) is 10.1. The fourth-order valence-electron chi connectivity index (χ4n) is 1.29. The van der Waals surface area contributed by atoms with Gasteiger partial charge in [0.25, 0.3) is 0 Å². The molecule has 1 unspecified atom stereocenters. The molecule has 2 N–H and O–H groups in total. The largest absolute Gasteiger partial charge is 0.467 e. The quantitative estimate of drug-likeness (QED) is 0.566. The van der Waals surface area contributed by atoms with Crippen LogP contribution in [0.2, 0.25) is 0 Å². The van der Waals surface area contributed by atoms with Gasteiger partial charge in [-0.15, -0.1) is 6.58 Å². The number of carbonyl (C=O) groups excluding carboxylic acids is 2. The molecule has 0 spiro atoms. The molecule has 0 fully saturated rings. The van der Waals surface area contributed by atoms with Gasteiger partial charge in [-0.1, -0.05) is 6.08 Å². The van der Waals surface area contributed by atoms with Gasteiger partial charge in [0.15, 0.2) is 0 Å². The van der Waals surface area contributed by atoms with E-state index in [9.17, 15) is 9.59 Å². The van der Waals surface area contributed by atoms with Gasteiger partial charge in [0, 0.05) is 13.7 Å². The predicted octanol–water partition coefficient (Wildman–Crippen LogP) is 0.385. The molecule has 0 saturated carbocycles. The number of nitrogens with one attached hydrogen (secondary N) is 2. The lowest BCUT2D eigenvalue weighted by molar-refractivity contribution is -0.139. The van der Waals surface area contributed by atoms with Gasteiger partial charge in [0.1, 0.15) is 11.9 Å². The molecule has 0 bridgehead atoms. The van der Waals surface area contributed by atoms with Crippen LogP contribution in [0, 0.1) is 0 Å². The van der Waals surface area contributed by atoms with Gasteiger partial charge in [0.05, 0.1) is 12.8 Å². The van der Waals surface area contributed by atoms with E-state index in [4.69, 9.17) is 9.15 Å². The Morgan fingerprint density at radius 1 is 1.50 bits per heavy atom. The van der Waals surface area contributed by atoms with E-state index in [0.717, 1.165) is 0 Å². The van der Waals surface area contributed by atoms with Crippen LogP contribution in [-0.2, 0) is 14.3 Å². The van der Waals surface area contributed by atoms with Crippen LogP contribution in [0.5, 0.6) is 0 Å². The summed E-state index contributed by atoms with van der Waals surface area (Å²) in [5.74, 6) is -0.834. The van der Waals surface area contributed by atoms with Crippen LogP contribution >= 0.6 is 0 Å². The summed E-state index contributed by atoms with van der Waals surface area (Å²) in [5.41, 5.74) is 0. The first kappa shape index (κ1) is 14.0. The van der Waals surface area contributed by atoms with Gasteiger partial charge in [0.2, 0.25) is 0 Å². The van der Waals surface area contributed by atoms with Gasteiger partial charge in [-0.05, 0) is 12.1 Å². The Balaban J connectivity index is 2.41. The average Bonchev–Trinajstić information content (AvgIpc) is 2.90. The SMILES string of the molecule is C=CCNC(=O)C(=O)NCC(OC)c1ccco1. The van der Waals surface area contributed by atoms with Crippen LogP contribution in [0.25, 0.3) is 0 Å². The normalized spacial score (nSPS) is 11.6. The number of amides is 2. The van der Waals surface area contributed by atoms with Crippen LogP contribution in [-0.4, -0.2) is 32.0 Å². The molecule has 2 amide bonds. The van der Waals surface area contributed by atoms with Crippen molar-refractivity contribution in [3.63, 3.8) is 0 Å². The molecule has 0 aliphatic rings. The molecule has 1 atom stereocenters. The summed E-state index contributed by atoms with van der Waals surface area (Å²) in [6.07, 6.45) is 2.59. The van der Waals surface area contributed by atoms with Crippen molar-refractivity contribution in [2.45, 2.75) is 6.10 Å². The van der Waals surface area contributed by atoms with Gasteiger partial charge in [-0.25, -0.2) is 0 Å². The molecule has 0 aliphatic heterocycles. The fraction of sp³-hybridized carbons (Fsp3) is 0.333. The van der Waals surface area contributed by atoms with Crippen molar-refractivity contribution < 1.29 is 18.7 Å². The Labute approximate surface area is 105 Å². The first-order valence-corrected chi connectivity index (χ1v) is 5.42. The van der Waals surface area contributed by atoms with Crippen LogP contribution < -0.4 is 10.6 Å². The van der Waals surface area contributed by atoms with E-state index in [1.165, 1.54) is 19.4 Å². The minimum atomic E-state index is -0.717. The summed E-state index contributed by atoms with van der Waals surface area (Å²) in [5, 5.41) is 4.84. The zero-order valence-corrected chi connectivity index (χ0v) is 10.1. The number of ether oxygens (including phenoxy) is 1. The fourth-order valence-corrected chi connectivity index (χ4v) is 1.29. The van der Waals surface area contributed by atoms with Gasteiger partial charge in [-0.3, -0.25) is 9.59 Å². The van der Waals surface area contributed by atoms with Crippen LogP contribution in [0.15, 0.2) is 35.5 Å². The number of methoxy groups -OCH3 is 1. The minimum absolute atomic E-state index is 0.157. The summed E-state index contributed by atoms with van der Waals surface area (Å²) in [7, 11) is 1.50. The summed E-state index contributed by atoms with van der Waals surface area (Å²) >= 11 is 0. The van der Waals surface area contributed by atoms with Crippen molar-refractivity contribution >= 4 is 11.8 Å². The first-order valence-electron chi connectivity index (χ1n) is 5.42. The lowest BCUT2D eigenvalue weighted by Gasteiger charge is -2.13. The molecule has 1 heterocycles. The standard InChI is InChI=1S/C12H16N2O4/c1-3-6-13-11(15)12(16)14-8-10(17-2)9-5-4-7-18-9/h3-5,7,10H,1,6,8H2,2H3,(H,13,15)(H,14,16). The highest BCUT2D eigenvalue weighted by atomic mass is 16.5. The summed E-state index contributed by atoms with van der Waals surface area (Å²) < 4.78 is 10.3. The van der Waals surface area contributed by atoms with E-state index in [0.29, 0.717) is 5.76 Å². The zero-order chi connectivity index (χ0) is 13.4. The van der Waals surface area contributed by atoms with Crippen molar-refractivity contribution in [3.8, 4) is 0 Å². The van der Waals surface area contributed by atoms with E-state index in [1.54, 1.807) is 12.1 Å².